The molecule has 2 rings (SSSR count). The predicted molar refractivity (Wildman–Crippen MR) is 102 cm³/mol. The van der Waals surface area contributed by atoms with Gasteiger partial charge in [0.05, 0.1) is 11.5 Å². The number of carboxylic acids is 1. The lowest BCUT2D eigenvalue weighted by molar-refractivity contribution is -0.384. The van der Waals surface area contributed by atoms with Gasteiger partial charge in [0.2, 0.25) is 5.91 Å². The third-order valence-electron chi connectivity index (χ3n) is 3.99. The Morgan fingerprint density at radius 2 is 1.75 bits per heavy atom. The van der Waals surface area contributed by atoms with E-state index in [1.165, 1.54) is 11.0 Å². The third-order valence-corrected chi connectivity index (χ3v) is 3.99. The Morgan fingerprint density at radius 1 is 1.11 bits per heavy atom. The largest absolute Gasteiger partial charge is 0.482 e. The van der Waals surface area contributed by atoms with Crippen molar-refractivity contribution in [1.82, 2.24) is 4.90 Å². The summed E-state index contributed by atoms with van der Waals surface area (Å²) in [5, 5.41) is 19.7. The van der Waals surface area contributed by atoms with E-state index in [9.17, 15) is 19.7 Å². The number of nitrogens with zero attached hydrogens (tertiary/aromatic N) is 3. The van der Waals surface area contributed by atoms with E-state index in [1.807, 2.05) is 0 Å². The van der Waals surface area contributed by atoms with E-state index in [2.05, 4.69) is 0 Å². The molecule has 0 bridgehead atoms. The van der Waals surface area contributed by atoms with E-state index in [1.54, 1.807) is 61.5 Å². The Kier molecular flexibility index (Phi) is 6.91. The summed E-state index contributed by atoms with van der Waals surface area (Å²) in [7, 11) is 3.27. The molecule has 9 nitrogen and oxygen atoms in total. The summed E-state index contributed by atoms with van der Waals surface area (Å²) in [6.45, 7) is -0.0976. The molecule has 0 saturated heterocycles. The van der Waals surface area contributed by atoms with Crippen LogP contribution in [0.2, 0.25) is 0 Å². The first kappa shape index (κ1) is 20.7. The first-order valence-corrected chi connectivity index (χ1v) is 8.40. The number of ether oxygens (including phenoxy) is 1. The lowest BCUT2D eigenvalue weighted by Gasteiger charge is -2.23. The van der Waals surface area contributed by atoms with Gasteiger partial charge in [0, 0.05) is 26.7 Å². The van der Waals surface area contributed by atoms with Crippen molar-refractivity contribution in [2.24, 2.45) is 0 Å². The highest BCUT2D eigenvalue weighted by atomic mass is 16.6. The fourth-order valence-corrected chi connectivity index (χ4v) is 2.55. The quantitative estimate of drug-likeness (QED) is 0.518. The highest BCUT2D eigenvalue weighted by molar-refractivity contribution is 5.82. The lowest BCUT2D eigenvalue weighted by atomic mass is 10.2. The summed E-state index contributed by atoms with van der Waals surface area (Å²) in [6.07, 6.45) is 0. The minimum atomic E-state index is -1.06. The zero-order chi connectivity index (χ0) is 20.7. The van der Waals surface area contributed by atoms with Crippen LogP contribution in [0.25, 0.3) is 0 Å². The van der Waals surface area contributed by atoms with E-state index in [0.717, 1.165) is 5.56 Å². The molecule has 0 aromatic heterocycles. The number of para-hydroxylation sites is 2. The number of carbonyl (C=O) groups excluding carboxylic acids is 1. The van der Waals surface area contributed by atoms with Gasteiger partial charge in [-0.3, -0.25) is 14.9 Å². The summed E-state index contributed by atoms with van der Waals surface area (Å²) in [5.74, 6) is -0.833. The SMILES string of the molecule is CN(Cc1ccc(OCC(=O)O)cc1)C(=O)CN(C)c1ccccc1[N+](=O)[O-]. The van der Waals surface area contributed by atoms with Crippen LogP contribution in [0.15, 0.2) is 48.5 Å². The van der Waals surface area contributed by atoms with Crippen molar-refractivity contribution >= 4 is 23.3 Å². The molecule has 0 spiro atoms. The smallest absolute Gasteiger partial charge is 0.341 e. The zero-order valence-electron chi connectivity index (χ0n) is 15.6. The fraction of sp³-hybridized carbons (Fsp3) is 0.263. The van der Waals surface area contributed by atoms with E-state index in [4.69, 9.17) is 9.84 Å². The van der Waals surface area contributed by atoms with Gasteiger partial charge in [-0.05, 0) is 23.8 Å². The van der Waals surface area contributed by atoms with Crippen LogP contribution in [0, 0.1) is 10.1 Å². The Hall–Kier alpha value is -3.62. The molecule has 1 amide bonds. The van der Waals surface area contributed by atoms with Crippen molar-refractivity contribution in [2.75, 3.05) is 32.1 Å². The number of likely N-dealkylation sites (N-methyl/N-ethyl adjacent to an activating group) is 2. The van der Waals surface area contributed by atoms with Crippen LogP contribution in [-0.4, -0.2) is 54.1 Å². The maximum Gasteiger partial charge on any atom is 0.341 e. The van der Waals surface area contributed by atoms with Gasteiger partial charge in [-0.25, -0.2) is 4.79 Å². The number of aliphatic carboxylic acids is 1. The van der Waals surface area contributed by atoms with Crippen LogP contribution < -0.4 is 9.64 Å². The molecule has 0 radical (unpaired) electrons. The normalized spacial score (nSPS) is 10.2. The summed E-state index contributed by atoms with van der Waals surface area (Å²) in [4.78, 5) is 36.7. The molecule has 2 aromatic rings. The fourth-order valence-electron chi connectivity index (χ4n) is 2.55. The van der Waals surface area contributed by atoms with Gasteiger partial charge in [-0.1, -0.05) is 24.3 Å². The molecular weight excluding hydrogens is 366 g/mol. The van der Waals surface area contributed by atoms with Crippen LogP contribution in [-0.2, 0) is 16.1 Å². The molecule has 28 heavy (non-hydrogen) atoms. The molecule has 9 heteroatoms. The zero-order valence-corrected chi connectivity index (χ0v) is 15.6. The van der Waals surface area contributed by atoms with Crippen molar-refractivity contribution < 1.29 is 24.4 Å². The van der Waals surface area contributed by atoms with Gasteiger partial charge < -0.3 is 19.6 Å². The number of nitro groups is 1. The number of benzene rings is 2. The second-order valence-electron chi connectivity index (χ2n) is 6.18. The first-order chi connectivity index (χ1) is 13.3. The summed E-state index contributed by atoms with van der Waals surface area (Å²) in [5.41, 5.74) is 1.15. The van der Waals surface area contributed by atoms with Crippen LogP contribution >= 0.6 is 0 Å². The van der Waals surface area contributed by atoms with Gasteiger partial charge in [0.15, 0.2) is 6.61 Å². The average Bonchev–Trinajstić information content (AvgIpc) is 2.67. The van der Waals surface area contributed by atoms with Gasteiger partial charge in [-0.15, -0.1) is 0 Å². The van der Waals surface area contributed by atoms with Crippen molar-refractivity contribution in [2.45, 2.75) is 6.54 Å². The Morgan fingerprint density at radius 3 is 2.36 bits per heavy atom. The van der Waals surface area contributed by atoms with E-state index in [-0.39, 0.29) is 18.1 Å². The van der Waals surface area contributed by atoms with Crippen LogP contribution in [0.1, 0.15) is 5.56 Å². The van der Waals surface area contributed by atoms with E-state index < -0.39 is 17.5 Å². The van der Waals surface area contributed by atoms with Gasteiger partial charge in [0.25, 0.3) is 5.69 Å². The molecule has 0 heterocycles. The van der Waals surface area contributed by atoms with Gasteiger partial charge in [0.1, 0.15) is 11.4 Å². The number of rotatable bonds is 9. The van der Waals surface area contributed by atoms with Gasteiger partial charge in [-0.2, -0.15) is 0 Å². The Labute approximate surface area is 161 Å². The number of amides is 1. The number of carboxylic acid groups (broad SMARTS) is 1. The van der Waals surface area contributed by atoms with E-state index in [0.29, 0.717) is 18.0 Å². The summed E-state index contributed by atoms with van der Waals surface area (Å²) < 4.78 is 5.07. The third kappa shape index (κ3) is 5.70. The van der Waals surface area contributed by atoms with Gasteiger partial charge >= 0.3 is 5.97 Å². The summed E-state index contributed by atoms with van der Waals surface area (Å²) in [6, 6.07) is 13.0. The molecular formula is C19H21N3O6. The standard InChI is InChI=1S/C19H21N3O6/c1-20(16-5-3-4-6-17(16)22(26)27)12-18(23)21(2)11-14-7-9-15(10-8-14)28-13-19(24)25/h3-10H,11-13H2,1-2H3,(H,24,25). The monoisotopic (exact) mass is 387 g/mol. The molecule has 1 N–H and O–H groups in total. The molecule has 0 aliphatic heterocycles. The number of carbonyl (C=O) groups is 2. The molecule has 0 unspecified atom stereocenters. The molecule has 0 fully saturated rings. The first-order valence-electron chi connectivity index (χ1n) is 8.40. The predicted octanol–water partition coefficient (Wildman–Crippen LogP) is 2.15. The molecule has 0 aliphatic rings. The lowest BCUT2D eigenvalue weighted by Crippen LogP contribution is -2.36. The number of hydrogen-bond acceptors (Lipinski definition) is 6. The topological polar surface area (TPSA) is 113 Å². The average molecular weight is 387 g/mol. The second kappa shape index (κ2) is 9.36. The maximum absolute atomic E-state index is 12.5. The highest BCUT2D eigenvalue weighted by Crippen LogP contribution is 2.26. The molecule has 0 atom stereocenters. The van der Waals surface area contributed by atoms with Crippen molar-refractivity contribution in [3.8, 4) is 5.75 Å². The van der Waals surface area contributed by atoms with Crippen LogP contribution in [0.4, 0.5) is 11.4 Å². The van der Waals surface area contributed by atoms with Crippen molar-refractivity contribution in [1.29, 1.82) is 0 Å². The minimum Gasteiger partial charge on any atom is -0.482 e. The van der Waals surface area contributed by atoms with Crippen LogP contribution in [0.5, 0.6) is 5.75 Å². The molecule has 0 aliphatic carbocycles. The molecule has 148 valence electrons. The van der Waals surface area contributed by atoms with E-state index >= 15 is 0 Å². The molecule has 2 aromatic carbocycles. The van der Waals surface area contributed by atoms with Crippen molar-refractivity contribution in [3.63, 3.8) is 0 Å². The number of anilines is 1. The molecule has 0 saturated carbocycles. The Bertz CT molecular complexity index is 853. The summed E-state index contributed by atoms with van der Waals surface area (Å²) >= 11 is 0. The number of hydrogen-bond donors (Lipinski definition) is 1. The van der Waals surface area contributed by atoms with Crippen molar-refractivity contribution in [3.05, 3.63) is 64.2 Å². The minimum absolute atomic E-state index is 0.0127. The Balaban J connectivity index is 1.95. The number of nitro benzene ring substituents is 1. The maximum atomic E-state index is 12.5. The highest BCUT2D eigenvalue weighted by Gasteiger charge is 2.19. The van der Waals surface area contributed by atoms with Crippen LogP contribution in [0.3, 0.4) is 0 Å². The second-order valence-corrected chi connectivity index (χ2v) is 6.18.